The predicted molar refractivity (Wildman–Crippen MR) is 61.3 cm³/mol. The molecule has 0 saturated carbocycles. The van der Waals surface area contributed by atoms with E-state index in [9.17, 15) is 4.79 Å². The number of carbonyl (C=O) groups is 1. The summed E-state index contributed by atoms with van der Waals surface area (Å²) in [7, 11) is 0. The van der Waals surface area contributed by atoms with Crippen molar-refractivity contribution in [2.45, 2.75) is 25.2 Å². The third-order valence-corrected chi connectivity index (χ3v) is 2.66. The third-order valence-electron chi connectivity index (χ3n) is 2.32. The highest BCUT2D eigenvalue weighted by Crippen LogP contribution is 2.27. The zero-order valence-corrected chi connectivity index (χ0v) is 9.44. The van der Waals surface area contributed by atoms with Crippen molar-refractivity contribution >= 4 is 17.6 Å². The molecule has 0 amide bonds. The van der Waals surface area contributed by atoms with E-state index in [0.29, 0.717) is 17.9 Å². The van der Waals surface area contributed by atoms with Crippen molar-refractivity contribution in [3.05, 3.63) is 34.9 Å². The molecule has 0 aliphatic rings. The zero-order valence-electron chi connectivity index (χ0n) is 8.69. The minimum absolute atomic E-state index is 0.0859. The van der Waals surface area contributed by atoms with Crippen LogP contribution in [0.15, 0.2) is 24.3 Å². The van der Waals surface area contributed by atoms with Crippen LogP contribution in [0.25, 0.3) is 0 Å². The van der Waals surface area contributed by atoms with Gasteiger partial charge in [-0.2, -0.15) is 5.26 Å². The minimum Gasteiger partial charge on any atom is -0.481 e. The maximum absolute atomic E-state index is 10.4. The van der Waals surface area contributed by atoms with Crippen LogP contribution in [0.5, 0.6) is 0 Å². The van der Waals surface area contributed by atoms with Crippen molar-refractivity contribution < 1.29 is 9.90 Å². The number of carboxylic acid groups (broad SMARTS) is 1. The number of hydrogen-bond acceptors (Lipinski definition) is 2. The highest BCUT2D eigenvalue weighted by Gasteiger charge is 2.13. The van der Waals surface area contributed by atoms with Crippen LogP contribution in [-0.4, -0.2) is 11.1 Å². The first-order chi connectivity index (χ1) is 7.65. The number of aliphatic carboxylic acids is 1. The standard InChI is InChI=1S/C12H12ClNO2/c13-11-6-2-1-5-10(11)9(8-14)4-3-7-12(15)16/h1-2,5-6,9H,3-4,7H2,(H,15,16). The summed E-state index contributed by atoms with van der Waals surface area (Å²) in [5.41, 5.74) is 0.775. The van der Waals surface area contributed by atoms with Crippen LogP contribution in [0.4, 0.5) is 0 Å². The molecule has 1 N–H and O–H groups in total. The molecule has 0 spiro atoms. The average Bonchev–Trinajstić information content (AvgIpc) is 2.25. The van der Waals surface area contributed by atoms with E-state index in [1.807, 2.05) is 6.07 Å². The first-order valence-electron chi connectivity index (χ1n) is 5.01. The van der Waals surface area contributed by atoms with E-state index in [4.69, 9.17) is 22.0 Å². The first kappa shape index (κ1) is 12.5. The summed E-state index contributed by atoms with van der Waals surface area (Å²) in [4.78, 5) is 10.4. The summed E-state index contributed by atoms with van der Waals surface area (Å²) < 4.78 is 0. The molecule has 1 aromatic rings. The molecule has 0 bridgehead atoms. The van der Waals surface area contributed by atoms with Crippen LogP contribution in [-0.2, 0) is 4.79 Å². The van der Waals surface area contributed by atoms with Crippen LogP contribution in [0.1, 0.15) is 30.7 Å². The summed E-state index contributed by atoms with van der Waals surface area (Å²) in [6, 6.07) is 9.32. The first-order valence-corrected chi connectivity index (χ1v) is 5.38. The van der Waals surface area contributed by atoms with Crippen LogP contribution >= 0.6 is 11.6 Å². The van der Waals surface area contributed by atoms with Gasteiger partial charge in [0.2, 0.25) is 0 Å². The Labute approximate surface area is 99.3 Å². The molecule has 1 rings (SSSR count). The van der Waals surface area contributed by atoms with Gasteiger partial charge in [0.05, 0.1) is 12.0 Å². The molecule has 0 saturated heterocycles. The number of hydrogen-bond donors (Lipinski definition) is 1. The van der Waals surface area contributed by atoms with E-state index in [1.54, 1.807) is 18.2 Å². The molecule has 4 heteroatoms. The topological polar surface area (TPSA) is 61.1 Å². The van der Waals surface area contributed by atoms with E-state index in [2.05, 4.69) is 6.07 Å². The number of carboxylic acids is 1. The summed E-state index contributed by atoms with van der Waals surface area (Å²) in [6.07, 6.45) is 1.09. The zero-order chi connectivity index (χ0) is 12.0. The van der Waals surface area contributed by atoms with E-state index >= 15 is 0 Å². The average molecular weight is 238 g/mol. The van der Waals surface area contributed by atoms with E-state index in [0.717, 1.165) is 5.56 Å². The number of halogens is 1. The van der Waals surface area contributed by atoms with Crippen molar-refractivity contribution in [2.75, 3.05) is 0 Å². The van der Waals surface area contributed by atoms with E-state index in [1.165, 1.54) is 0 Å². The quantitative estimate of drug-likeness (QED) is 0.855. The fourth-order valence-corrected chi connectivity index (χ4v) is 1.77. The lowest BCUT2D eigenvalue weighted by Crippen LogP contribution is -2.00. The Morgan fingerprint density at radius 2 is 2.19 bits per heavy atom. The SMILES string of the molecule is N#CC(CCCC(=O)O)c1ccccc1Cl. The van der Waals surface area contributed by atoms with Gasteiger partial charge in [0, 0.05) is 11.4 Å². The van der Waals surface area contributed by atoms with Crippen molar-refractivity contribution in [3.63, 3.8) is 0 Å². The van der Waals surface area contributed by atoms with Crippen LogP contribution in [0.3, 0.4) is 0 Å². The van der Waals surface area contributed by atoms with Gasteiger partial charge in [-0.25, -0.2) is 0 Å². The highest BCUT2D eigenvalue weighted by molar-refractivity contribution is 6.31. The van der Waals surface area contributed by atoms with Gasteiger partial charge >= 0.3 is 5.97 Å². The lowest BCUT2D eigenvalue weighted by molar-refractivity contribution is -0.137. The van der Waals surface area contributed by atoms with Gasteiger partial charge in [-0.05, 0) is 24.5 Å². The van der Waals surface area contributed by atoms with Crippen LogP contribution in [0.2, 0.25) is 5.02 Å². The highest BCUT2D eigenvalue weighted by atomic mass is 35.5. The normalized spacial score (nSPS) is 11.8. The van der Waals surface area contributed by atoms with Crippen molar-refractivity contribution in [3.8, 4) is 6.07 Å². The van der Waals surface area contributed by atoms with Crippen molar-refractivity contribution in [1.29, 1.82) is 5.26 Å². The minimum atomic E-state index is -0.837. The van der Waals surface area contributed by atoms with Crippen LogP contribution in [0, 0.1) is 11.3 Å². The Morgan fingerprint density at radius 3 is 2.75 bits per heavy atom. The second-order valence-electron chi connectivity index (χ2n) is 3.49. The van der Waals surface area contributed by atoms with Crippen molar-refractivity contribution in [1.82, 2.24) is 0 Å². The molecule has 0 radical (unpaired) electrons. The number of nitrogens with zero attached hydrogens (tertiary/aromatic N) is 1. The lowest BCUT2D eigenvalue weighted by Gasteiger charge is -2.10. The molecule has 84 valence electrons. The second-order valence-corrected chi connectivity index (χ2v) is 3.90. The molecule has 0 aromatic heterocycles. The molecule has 3 nitrogen and oxygen atoms in total. The Hall–Kier alpha value is -1.53. The third kappa shape index (κ3) is 3.56. The molecule has 1 atom stereocenters. The fraction of sp³-hybridized carbons (Fsp3) is 0.333. The van der Waals surface area contributed by atoms with Gasteiger partial charge < -0.3 is 5.11 Å². The van der Waals surface area contributed by atoms with Crippen LogP contribution < -0.4 is 0 Å². The fourth-order valence-electron chi connectivity index (χ4n) is 1.50. The van der Waals surface area contributed by atoms with Crippen molar-refractivity contribution in [2.24, 2.45) is 0 Å². The molecule has 16 heavy (non-hydrogen) atoms. The Morgan fingerprint density at radius 1 is 1.50 bits per heavy atom. The Bertz CT molecular complexity index is 412. The lowest BCUT2D eigenvalue weighted by atomic mass is 9.95. The maximum atomic E-state index is 10.4. The molecule has 0 fully saturated rings. The van der Waals surface area contributed by atoms with E-state index in [-0.39, 0.29) is 12.3 Å². The largest absolute Gasteiger partial charge is 0.481 e. The summed E-state index contributed by atoms with van der Waals surface area (Å²) in [6.45, 7) is 0. The number of rotatable bonds is 5. The van der Waals surface area contributed by atoms with Gasteiger partial charge in [-0.15, -0.1) is 0 Å². The van der Waals surface area contributed by atoms with Gasteiger partial charge in [0.15, 0.2) is 0 Å². The second kappa shape index (κ2) is 6.14. The molecular formula is C12H12ClNO2. The summed E-state index contributed by atoms with van der Waals surface area (Å²) >= 11 is 5.97. The van der Waals surface area contributed by atoms with Gasteiger partial charge in [0.25, 0.3) is 0 Å². The molecular weight excluding hydrogens is 226 g/mol. The predicted octanol–water partition coefficient (Wildman–Crippen LogP) is 3.20. The molecule has 0 aliphatic carbocycles. The molecule has 0 heterocycles. The number of nitriles is 1. The summed E-state index contributed by atoms with van der Waals surface area (Å²) in [5, 5.41) is 18.1. The maximum Gasteiger partial charge on any atom is 0.303 e. The summed E-state index contributed by atoms with van der Waals surface area (Å²) in [5.74, 6) is -1.16. The number of benzene rings is 1. The smallest absolute Gasteiger partial charge is 0.303 e. The molecule has 0 aliphatic heterocycles. The Kier molecular flexibility index (Phi) is 4.81. The van der Waals surface area contributed by atoms with Gasteiger partial charge in [-0.3, -0.25) is 4.79 Å². The van der Waals surface area contributed by atoms with Gasteiger partial charge in [-0.1, -0.05) is 29.8 Å². The van der Waals surface area contributed by atoms with E-state index < -0.39 is 5.97 Å². The molecule has 1 aromatic carbocycles. The molecule has 1 unspecified atom stereocenters. The van der Waals surface area contributed by atoms with Gasteiger partial charge in [0.1, 0.15) is 0 Å². The monoisotopic (exact) mass is 237 g/mol. The Balaban J connectivity index is 2.65.